The molecule has 0 bridgehead atoms. The quantitative estimate of drug-likeness (QED) is 0.499. The maximum Gasteiger partial charge on any atom is 0.378 e. The van der Waals surface area contributed by atoms with Crippen LogP contribution in [0.1, 0.15) is 0 Å². The average molecular weight is 378 g/mol. The van der Waals surface area contributed by atoms with Crippen LogP contribution >= 0.6 is 46.4 Å². The van der Waals surface area contributed by atoms with Crippen LogP contribution in [0.25, 0.3) is 0 Å². The fraction of sp³-hybridized carbons (Fsp3) is 0. The first-order chi connectivity index (χ1) is 10.5. The summed E-state index contributed by atoms with van der Waals surface area (Å²) in [6.45, 7) is 0. The van der Waals surface area contributed by atoms with Crippen LogP contribution in [0.15, 0.2) is 46.6 Å². The van der Waals surface area contributed by atoms with E-state index in [1.54, 1.807) is 30.3 Å². The van der Waals surface area contributed by atoms with Crippen molar-refractivity contribution in [3.05, 3.63) is 56.5 Å². The molecule has 0 aliphatic rings. The van der Waals surface area contributed by atoms with Gasteiger partial charge in [-0.3, -0.25) is 5.43 Å². The van der Waals surface area contributed by atoms with Gasteiger partial charge in [0.1, 0.15) is 5.69 Å². The molecule has 2 amide bonds. The number of benzene rings is 2. The van der Waals surface area contributed by atoms with Crippen molar-refractivity contribution in [2.75, 3.05) is 5.43 Å². The maximum atomic E-state index is 11.6. The van der Waals surface area contributed by atoms with E-state index in [1.165, 1.54) is 6.07 Å². The summed E-state index contributed by atoms with van der Waals surface area (Å²) in [5, 5.41) is 8.79. The normalized spacial score (nSPS) is 10.7. The lowest BCUT2D eigenvalue weighted by molar-refractivity contribution is 0.249. The first kappa shape index (κ1) is 16.8. The molecule has 0 aliphatic carbocycles. The highest BCUT2D eigenvalue weighted by Crippen LogP contribution is 2.28. The van der Waals surface area contributed by atoms with Crippen LogP contribution in [0.4, 0.5) is 16.2 Å². The summed E-state index contributed by atoms with van der Waals surface area (Å²) in [6.07, 6.45) is 0. The third-order valence-corrected chi connectivity index (χ3v) is 3.51. The summed E-state index contributed by atoms with van der Waals surface area (Å²) in [7, 11) is 0. The van der Waals surface area contributed by atoms with Gasteiger partial charge in [0.05, 0.1) is 15.7 Å². The zero-order valence-corrected chi connectivity index (χ0v) is 13.8. The number of rotatable bonds is 3. The lowest BCUT2D eigenvalue weighted by Gasteiger charge is -2.07. The van der Waals surface area contributed by atoms with Gasteiger partial charge in [-0.15, -0.1) is 5.11 Å². The smallest absolute Gasteiger partial charge is 0.295 e. The largest absolute Gasteiger partial charge is 0.378 e. The molecule has 2 N–H and O–H groups in total. The van der Waals surface area contributed by atoms with Gasteiger partial charge in [-0.2, -0.15) is 0 Å². The van der Waals surface area contributed by atoms with Crippen molar-refractivity contribution in [1.29, 1.82) is 0 Å². The van der Waals surface area contributed by atoms with Gasteiger partial charge in [0.2, 0.25) is 0 Å². The number of urea groups is 1. The van der Waals surface area contributed by atoms with Crippen molar-refractivity contribution in [3.63, 3.8) is 0 Å². The molecule has 0 heterocycles. The molecule has 2 aromatic rings. The summed E-state index contributed by atoms with van der Waals surface area (Å²) in [5.41, 5.74) is 5.60. The Balaban J connectivity index is 1.99. The Morgan fingerprint density at radius 1 is 0.909 bits per heavy atom. The minimum Gasteiger partial charge on any atom is -0.295 e. The summed E-state index contributed by atoms with van der Waals surface area (Å²) >= 11 is 23.5. The van der Waals surface area contributed by atoms with Gasteiger partial charge in [-0.1, -0.05) is 51.5 Å². The van der Waals surface area contributed by atoms with Crippen LogP contribution in [-0.4, -0.2) is 6.03 Å². The molecule has 0 saturated carbocycles. The van der Waals surface area contributed by atoms with E-state index in [0.717, 1.165) is 0 Å². The van der Waals surface area contributed by atoms with Gasteiger partial charge in [0.25, 0.3) is 0 Å². The van der Waals surface area contributed by atoms with E-state index in [4.69, 9.17) is 46.4 Å². The number of nitrogens with zero attached hydrogens (tertiary/aromatic N) is 2. The second-order valence-electron chi connectivity index (χ2n) is 3.98. The Morgan fingerprint density at radius 3 is 2.27 bits per heavy atom. The maximum absolute atomic E-state index is 11.6. The van der Waals surface area contributed by atoms with Crippen LogP contribution in [0.5, 0.6) is 0 Å². The van der Waals surface area contributed by atoms with Gasteiger partial charge in [-0.05, 0) is 36.4 Å². The van der Waals surface area contributed by atoms with Crippen LogP contribution in [0, 0.1) is 0 Å². The van der Waals surface area contributed by atoms with E-state index in [1.807, 2.05) is 0 Å². The number of amides is 2. The fourth-order valence-electron chi connectivity index (χ4n) is 1.40. The zero-order valence-electron chi connectivity index (χ0n) is 10.8. The number of nitrogens with one attached hydrogen (secondary N) is 2. The molecule has 114 valence electrons. The molecule has 0 spiro atoms. The van der Waals surface area contributed by atoms with E-state index in [0.29, 0.717) is 25.8 Å². The molecule has 5 nitrogen and oxygen atoms in total. The molecule has 0 fully saturated rings. The topological polar surface area (TPSA) is 65.8 Å². The Labute approximate surface area is 146 Å². The lowest BCUT2D eigenvalue weighted by atomic mass is 10.3. The number of azo groups is 1. The Hall–Kier alpha value is -1.53. The number of hydrogen-bond acceptors (Lipinski definition) is 3. The third kappa shape index (κ3) is 4.74. The van der Waals surface area contributed by atoms with Crippen molar-refractivity contribution in [3.8, 4) is 0 Å². The van der Waals surface area contributed by atoms with Crippen LogP contribution < -0.4 is 10.9 Å². The summed E-state index contributed by atoms with van der Waals surface area (Å²) in [4.78, 5) is 11.6. The first-order valence-electron chi connectivity index (χ1n) is 5.83. The molecule has 2 aromatic carbocycles. The third-order valence-electron chi connectivity index (χ3n) is 2.39. The first-order valence-corrected chi connectivity index (χ1v) is 7.35. The number of halogens is 4. The highest BCUT2D eigenvalue weighted by atomic mass is 35.5. The van der Waals surface area contributed by atoms with Crippen molar-refractivity contribution < 1.29 is 4.79 Å². The molecular formula is C13H8Cl4N4O. The zero-order chi connectivity index (χ0) is 16.1. The molecule has 9 heteroatoms. The number of hydrogen-bond donors (Lipinski definition) is 2. The molecule has 0 unspecified atom stereocenters. The van der Waals surface area contributed by atoms with Crippen LogP contribution in [0.2, 0.25) is 20.1 Å². The molecule has 0 saturated heterocycles. The van der Waals surface area contributed by atoms with Crippen molar-refractivity contribution in [2.45, 2.75) is 0 Å². The van der Waals surface area contributed by atoms with Crippen LogP contribution in [-0.2, 0) is 0 Å². The van der Waals surface area contributed by atoms with Gasteiger partial charge in [-0.25, -0.2) is 10.2 Å². The molecule has 0 aromatic heterocycles. The standard InChI is InChI=1S/C13H8Cl4N4O/c14-7-1-3-9(16)11(5-7)18-20-13(22)21-19-12-6-8(15)2-4-10(12)17/h1-6,18H,(H,20,22). The van der Waals surface area contributed by atoms with Gasteiger partial charge < -0.3 is 0 Å². The summed E-state index contributed by atoms with van der Waals surface area (Å²) in [5.74, 6) is 0. The summed E-state index contributed by atoms with van der Waals surface area (Å²) in [6, 6.07) is 8.67. The fourth-order valence-corrected chi connectivity index (χ4v) is 2.06. The molecule has 0 atom stereocenters. The number of carbonyl (C=O) groups is 1. The van der Waals surface area contributed by atoms with Gasteiger partial charge in [0, 0.05) is 10.0 Å². The van der Waals surface area contributed by atoms with Crippen LogP contribution in [0.3, 0.4) is 0 Å². The second kappa shape index (κ2) is 7.65. The monoisotopic (exact) mass is 376 g/mol. The second-order valence-corrected chi connectivity index (χ2v) is 5.66. The lowest BCUT2D eigenvalue weighted by Crippen LogP contribution is -2.26. The van der Waals surface area contributed by atoms with Crippen molar-refractivity contribution in [1.82, 2.24) is 5.43 Å². The van der Waals surface area contributed by atoms with Crippen molar-refractivity contribution >= 4 is 63.8 Å². The van der Waals surface area contributed by atoms with Gasteiger partial charge in [0.15, 0.2) is 0 Å². The predicted molar refractivity (Wildman–Crippen MR) is 89.6 cm³/mol. The number of hydrazine groups is 1. The Bertz CT molecular complexity index is 736. The van der Waals surface area contributed by atoms with E-state index >= 15 is 0 Å². The van der Waals surface area contributed by atoms with Gasteiger partial charge >= 0.3 is 6.03 Å². The minimum atomic E-state index is -0.743. The Kier molecular flexibility index (Phi) is 5.85. The van der Waals surface area contributed by atoms with E-state index < -0.39 is 6.03 Å². The van der Waals surface area contributed by atoms with E-state index in [9.17, 15) is 4.79 Å². The SMILES string of the molecule is O=C(N=Nc1cc(Cl)ccc1Cl)NNc1cc(Cl)ccc1Cl. The number of anilines is 1. The van der Waals surface area contributed by atoms with E-state index in [-0.39, 0.29) is 5.69 Å². The molecule has 22 heavy (non-hydrogen) atoms. The van der Waals surface area contributed by atoms with E-state index in [2.05, 4.69) is 21.1 Å². The number of carbonyl (C=O) groups excluding carboxylic acids is 1. The Morgan fingerprint density at radius 2 is 1.55 bits per heavy atom. The molecular weight excluding hydrogens is 370 g/mol. The molecule has 0 radical (unpaired) electrons. The van der Waals surface area contributed by atoms with Crippen molar-refractivity contribution in [2.24, 2.45) is 10.2 Å². The average Bonchev–Trinajstić information content (AvgIpc) is 2.49. The summed E-state index contributed by atoms with van der Waals surface area (Å²) < 4.78 is 0. The minimum absolute atomic E-state index is 0.283. The predicted octanol–water partition coefficient (Wildman–Crippen LogP) is 6.12. The highest BCUT2D eigenvalue weighted by molar-refractivity contribution is 6.35. The molecule has 2 rings (SSSR count). The molecule has 0 aliphatic heterocycles. The highest BCUT2D eigenvalue weighted by Gasteiger charge is 2.04.